The van der Waals surface area contributed by atoms with Crippen molar-refractivity contribution in [2.24, 2.45) is 5.10 Å². The van der Waals surface area contributed by atoms with E-state index in [-0.39, 0.29) is 12.5 Å². The molecule has 0 radical (unpaired) electrons. The molecule has 3 aromatic carbocycles. The maximum Gasteiger partial charge on any atom is 0.277 e. The molecule has 3 aromatic rings. The molecule has 0 saturated carbocycles. The Morgan fingerprint density at radius 1 is 0.964 bits per heavy atom. The Labute approximate surface area is 165 Å². The Hall–Kier alpha value is -3.34. The first-order chi connectivity index (χ1) is 13.7. The molecule has 5 nitrogen and oxygen atoms in total. The second-order valence-corrected chi connectivity index (χ2v) is 6.36. The number of amides is 1. The number of carbonyl (C=O) groups is 1. The summed E-state index contributed by atoms with van der Waals surface area (Å²) in [5, 5.41) is 6.16. The molecular weight excluding hydrogens is 352 g/mol. The summed E-state index contributed by atoms with van der Waals surface area (Å²) < 4.78 is 11.2. The van der Waals surface area contributed by atoms with Crippen molar-refractivity contribution in [3.63, 3.8) is 0 Å². The van der Waals surface area contributed by atoms with Gasteiger partial charge in [-0.05, 0) is 59.2 Å². The number of hydrogen-bond acceptors (Lipinski definition) is 4. The summed E-state index contributed by atoms with van der Waals surface area (Å²) in [7, 11) is 0. The van der Waals surface area contributed by atoms with Crippen molar-refractivity contribution >= 4 is 22.9 Å². The highest BCUT2D eigenvalue weighted by molar-refractivity contribution is 5.84. The number of carbonyl (C=O) groups excluding carboxylic acids is 1. The summed E-state index contributed by atoms with van der Waals surface area (Å²) in [6.07, 6.45) is 3.73. The largest absolute Gasteiger partial charge is 0.494 e. The van der Waals surface area contributed by atoms with Crippen LogP contribution in [0.1, 0.15) is 25.3 Å². The lowest BCUT2D eigenvalue weighted by molar-refractivity contribution is -0.123. The van der Waals surface area contributed by atoms with Crippen LogP contribution in [-0.4, -0.2) is 25.3 Å². The average molecular weight is 376 g/mol. The molecule has 0 bridgehead atoms. The van der Waals surface area contributed by atoms with Crippen LogP contribution >= 0.6 is 0 Å². The topological polar surface area (TPSA) is 59.9 Å². The molecule has 1 amide bonds. The standard InChI is InChI=1S/C23H24N2O3/c1-2-3-14-27-21-11-8-18(9-12-21)16-24-25-23(26)17-28-22-13-10-19-6-4-5-7-20(19)15-22/h4-13,15-16H,2-3,14,17H2,1H3,(H,25,26)/b24-16+. The first kappa shape index (κ1) is 19.4. The molecular formula is C23H24N2O3. The van der Waals surface area contributed by atoms with Gasteiger partial charge in [-0.3, -0.25) is 4.79 Å². The maximum atomic E-state index is 11.9. The summed E-state index contributed by atoms with van der Waals surface area (Å²) >= 11 is 0. The van der Waals surface area contributed by atoms with E-state index in [1.807, 2.05) is 66.7 Å². The summed E-state index contributed by atoms with van der Waals surface area (Å²) in [6.45, 7) is 2.75. The van der Waals surface area contributed by atoms with Crippen molar-refractivity contribution in [2.45, 2.75) is 19.8 Å². The number of hydrogen-bond donors (Lipinski definition) is 1. The van der Waals surface area contributed by atoms with Crippen LogP contribution in [0, 0.1) is 0 Å². The van der Waals surface area contributed by atoms with Gasteiger partial charge in [-0.2, -0.15) is 5.10 Å². The van der Waals surface area contributed by atoms with Gasteiger partial charge in [0.2, 0.25) is 0 Å². The second-order valence-electron chi connectivity index (χ2n) is 6.36. The van der Waals surface area contributed by atoms with Gasteiger partial charge in [-0.15, -0.1) is 0 Å². The number of rotatable bonds is 9. The molecule has 0 saturated heterocycles. The van der Waals surface area contributed by atoms with Gasteiger partial charge in [0, 0.05) is 0 Å². The fourth-order valence-electron chi connectivity index (χ4n) is 2.60. The van der Waals surface area contributed by atoms with Crippen LogP contribution in [-0.2, 0) is 4.79 Å². The number of nitrogens with zero attached hydrogens (tertiary/aromatic N) is 1. The number of benzene rings is 3. The van der Waals surface area contributed by atoms with Crippen LogP contribution in [0.3, 0.4) is 0 Å². The Bertz CT molecular complexity index is 936. The second kappa shape index (κ2) is 10.1. The molecule has 0 atom stereocenters. The van der Waals surface area contributed by atoms with E-state index in [2.05, 4.69) is 17.5 Å². The van der Waals surface area contributed by atoms with E-state index in [4.69, 9.17) is 9.47 Å². The molecule has 144 valence electrons. The van der Waals surface area contributed by atoms with E-state index >= 15 is 0 Å². The van der Waals surface area contributed by atoms with Gasteiger partial charge in [-0.1, -0.05) is 43.7 Å². The van der Waals surface area contributed by atoms with Gasteiger partial charge >= 0.3 is 0 Å². The fourth-order valence-corrected chi connectivity index (χ4v) is 2.60. The third-order valence-corrected chi connectivity index (χ3v) is 4.14. The van der Waals surface area contributed by atoms with Gasteiger partial charge in [0.25, 0.3) is 5.91 Å². The van der Waals surface area contributed by atoms with E-state index in [9.17, 15) is 4.79 Å². The Balaban J connectivity index is 1.44. The van der Waals surface area contributed by atoms with Crippen molar-refractivity contribution < 1.29 is 14.3 Å². The molecule has 0 aliphatic carbocycles. The zero-order valence-corrected chi connectivity index (χ0v) is 15.9. The summed E-state index contributed by atoms with van der Waals surface area (Å²) in [6, 6.07) is 21.3. The average Bonchev–Trinajstić information content (AvgIpc) is 2.73. The molecule has 3 rings (SSSR count). The maximum absolute atomic E-state index is 11.9. The van der Waals surface area contributed by atoms with Gasteiger partial charge in [0.05, 0.1) is 12.8 Å². The van der Waals surface area contributed by atoms with Crippen molar-refractivity contribution in [1.82, 2.24) is 5.43 Å². The molecule has 5 heteroatoms. The Morgan fingerprint density at radius 3 is 2.50 bits per heavy atom. The highest BCUT2D eigenvalue weighted by Gasteiger charge is 2.02. The van der Waals surface area contributed by atoms with Gasteiger partial charge in [0.1, 0.15) is 11.5 Å². The van der Waals surface area contributed by atoms with Crippen molar-refractivity contribution in [2.75, 3.05) is 13.2 Å². The van der Waals surface area contributed by atoms with Crippen LogP contribution in [0.5, 0.6) is 11.5 Å². The smallest absolute Gasteiger partial charge is 0.277 e. The Morgan fingerprint density at radius 2 is 1.71 bits per heavy atom. The Kier molecular flexibility index (Phi) is 7.01. The van der Waals surface area contributed by atoms with Crippen molar-refractivity contribution in [1.29, 1.82) is 0 Å². The molecule has 0 fully saturated rings. The molecule has 0 aromatic heterocycles. The number of nitrogens with one attached hydrogen (secondary N) is 1. The van der Waals surface area contributed by atoms with Crippen molar-refractivity contribution in [3.8, 4) is 11.5 Å². The number of hydrazone groups is 1. The van der Waals surface area contributed by atoms with Gasteiger partial charge in [-0.25, -0.2) is 5.43 Å². The van der Waals surface area contributed by atoms with Gasteiger partial charge < -0.3 is 9.47 Å². The minimum Gasteiger partial charge on any atom is -0.494 e. The first-order valence-corrected chi connectivity index (χ1v) is 9.41. The summed E-state index contributed by atoms with van der Waals surface area (Å²) in [5.41, 5.74) is 3.34. The van der Waals surface area contributed by atoms with E-state index in [1.165, 1.54) is 0 Å². The van der Waals surface area contributed by atoms with Crippen LogP contribution in [0.2, 0.25) is 0 Å². The third-order valence-electron chi connectivity index (χ3n) is 4.14. The number of fused-ring (bicyclic) bond motifs is 1. The summed E-state index contributed by atoms with van der Waals surface area (Å²) in [4.78, 5) is 11.9. The predicted molar refractivity (Wildman–Crippen MR) is 112 cm³/mol. The SMILES string of the molecule is CCCCOc1ccc(/C=N/NC(=O)COc2ccc3ccccc3c2)cc1. The number of ether oxygens (including phenoxy) is 2. The van der Waals surface area contributed by atoms with E-state index in [0.717, 1.165) is 41.5 Å². The lowest BCUT2D eigenvalue weighted by atomic mass is 10.1. The molecule has 1 N–H and O–H groups in total. The first-order valence-electron chi connectivity index (χ1n) is 9.41. The van der Waals surface area contributed by atoms with E-state index in [1.54, 1.807) is 6.21 Å². The van der Waals surface area contributed by atoms with Crippen LogP contribution in [0.15, 0.2) is 71.8 Å². The molecule has 0 aliphatic heterocycles. The monoisotopic (exact) mass is 376 g/mol. The predicted octanol–water partition coefficient (Wildman–Crippen LogP) is 4.55. The lowest BCUT2D eigenvalue weighted by Gasteiger charge is -2.06. The van der Waals surface area contributed by atoms with Gasteiger partial charge in [0.15, 0.2) is 6.61 Å². The van der Waals surface area contributed by atoms with Crippen LogP contribution in [0.25, 0.3) is 10.8 Å². The fraction of sp³-hybridized carbons (Fsp3) is 0.217. The van der Waals surface area contributed by atoms with E-state index < -0.39 is 0 Å². The number of unbranched alkanes of at least 4 members (excludes halogenated alkanes) is 1. The highest BCUT2D eigenvalue weighted by Crippen LogP contribution is 2.20. The van der Waals surface area contributed by atoms with Crippen LogP contribution in [0.4, 0.5) is 0 Å². The van der Waals surface area contributed by atoms with Crippen LogP contribution < -0.4 is 14.9 Å². The minimum absolute atomic E-state index is 0.0973. The molecule has 28 heavy (non-hydrogen) atoms. The molecule has 0 unspecified atom stereocenters. The normalized spacial score (nSPS) is 10.9. The van der Waals surface area contributed by atoms with Crippen molar-refractivity contribution in [3.05, 3.63) is 72.3 Å². The lowest BCUT2D eigenvalue weighted by Crippen LogP contribution is -2.24. The quantitative estimate of drug-likeness (QED) is 0.339. The molecule has 0 spiro atoms. The zero-order valence-electron chi connectivity index (χ0n) is 15.9. The zero-order chi connectivity index (χ0) is 19.6. The molecule has 0 aliphatic rings. The molecule has 0 heterocycles. The minimum atomic E-state index is -0.316. The third kappa shape index (κ3) is 5.84. The highest BCUT2D eigenvalue weighted by atomic mass is 16.5. The summed E-state index contributed by atoms with van der Waals surface area (Å²) in [5.74, 6) is 1.17. The van der Waals surface area contributed by atoms with E-state index in [0.29, 0.717) is 5.75 Å².